The zero-order valence-corrected chi connectivity index (χ0v) is 12.2. The van der Waals surface area contributed by atoms with Gasteiger partial charge in [0.2, 0.25) is 0 Å². The Balaban J connectivity index is 2.38. The van der Waals surface area contributed by atoms with Crippen LogP contribution in [0.2, 0.25) is 0 Å². The van der Waals surface area contributed by atoms with Gasteiger partial charge >= 0.3 is 0 Å². The maximum Gasteiger partial charge on any atom is 0.161 e. The molecule has 0 amide bonds. The fraction of sp³-hybridized carbons (Fsp3) is 0.357. The molecule has 2 aromatic rings. The van der Waals surface area contributed by atoms with Gasteiger partial charge in [-0.2, -0.15) is 0 Å². The van der Waals surface area contributed by atoms with E-state index in [-0.39, 0.29) is 0 Å². The van der Waals surface area contributed by atoms with Gasteiger partial charge in [-0.15, -0.1) is 11.3 Å². The number of methoxy groups -OCH3 is 2. The molecule has 0 aliphatic carbocycles. The molecule has 1 aromatic heterocycles. The van der Waals surface area contributed by atoms with E-state index in [0.717, 1.165) is 29.5 Å². The zero-order valence-electron chi connectivity index (χ0n) is 11.4. The minimum Gasteiger partial charge on any atom is -0.493 e. The average molecular weight is 278 g/mol. The van der Waals surface area contributed by atoms with Gasteiger partial charge in [0, 0.05) is 24.5 Å². The Kier molecular flexibility index (Phi) is 4.76. The maximum atomic E-state index is 5.37. The van der Waals surface area contributed by atoms with Crippen LogP contribution in [-0.4, -0.2) is 26.3 Å². The van der Waals surface area contributed by atoms with Crippen LogP contribution < -0.4 is 14.8 Å². The van der Waals surface area contributed by atoms with Crippen molar-refractivity contribution < 1.29 is 9.47 Å². The van der Waals surface area contributed by atoms with Gasteiger partial charge in [-0.1, -0.05) is 0 Å². The number of thiazole rings is 1. The Bertz CT molecular complexity index is 526. The first-order chi connectivity index (χ1) is 9.28. The quantitative estimate of drug-likeness (QED) is 0.881. The Morgan fingerprint density at radius 2 is 1.84 bits per heavy atom. The molecule has 4 nitrogen and oxygen atoms in total. The second-order valence-corrected chi connectivity index (χ2v) is 5.09. The summed E-state index contributed by atoms with van der Waals surface area (Å²) in [6, 6.07) is 4.06. The Morgan fingerprint density at radius 3 is 2.37 bits per heavy atom. The molecule has 0 aliphatic heterocycles. The van der Waals surface area contributed by atoms with Gasteiger partial charge in [0.05, 0.1) is 19.2 Å². The lowest BCUT2D eigenvalue weighted by molar-refractivity contribution is 0.354. The van der Waals surface area contributed by atoms with E-state index in [4.69, 9.17) is 9.47 Å². The van der Waals surface area contributed by atoms with Crippen molar-refractivity contribution in [3.63, 3.8) is 0 Å². The van der Waals surface area contributed by atoms with Crippen molar-refractivity contribution in [2.24, 2.45) is 0 Å². The van der Waals surface area contributed by atoms with E-state index in [1.165, 1.54) is 11.1 Å². The number of hydrogen-bond donors (Lipinski definition) is 1. The number of aromatic nitrogens is 1. The highest BCUT2D eigenvalue weighted by Gasteiger charge is 2.12. The molecule has 1 N–H and O–H groups in total. The third-order valence-corrected chi connectivity index (χ3v) is 3.68. The molecule has 0 saturated carbocycles. The van der Waals surface area contributed by atoms with E-state index in [2.05, 4.69) is 10.3 Å². The van der Waals surface area contributed by atoms with Crippen LogP contribution in [-0.2, 0) is 13.0 Å². The van der Waals surface area contributed by atoms with E-state index in [0.29, 0.717) is 0 Å². The lowest BCUT2D eigenvalue weighted by Crippen LogP contribution is -2.09. The van der Waals surface area contributed by atoms with Crippen LogP contribution in [0.25, 0.3) is 0 Å². The van der Waals surface area contributed by atoms with E-state index in [9.17, 15) is 0 Å². The molecular weight excluding hydrogens is 260 g/mol. The predicted molar refractivity (Wildman–Crippen MR) is 77.2 cm³/mol. The molecule has 1 aromatic carbocycles. The van der Waals surface area contributed by atoms with Crippen molar-refractivity contribution in [1.29, 1.82) is 0 Å². The molecule has 1 heterocycles. The fourth-order valence-corrected chi connectivity index (χ4v) is 2.63. The summed E-state index contributed by atoms with van der Waals surface area (Å²) in [4.78, 5) is 4.34. The van der Waals surface area contributed by atoms with Gasteiger partial charge in [0.1, 0.15) is 0 Å². The molecule has 19 heavy (non-hydrogen) atoms. The Labute approximate surface area is 117 Å². The largest absolute Gasteiger partial charge is 0.493 e. The summed E-state index contributed by atoms with van der Waals surface area (Å²) in [6.45, 7) is 0.793. The van der Waals surface area contributed by atoms with E-state index < -0.39 is 0 Å². The topological polar surface area (TPSA) is 43.4 Å². The van der Waals surface area contributed by atoms with Crippen LogP contribution in [0.4, 0.5) is 0 Å². The molecule has 102 valence electrons. The summed E-state index contributed by atoms with van der Waals surface area (Å²) in [5.74, 6) is 1.52. The average Bonchev–Trinajstić information content (AvgIpc) is 2.93. The van der Waals surface area contributed by atoms with Crippen molar-refractivity contribution >= 4 is 11.3 Å². The van der Waals surface area contributed by atoms with Gasteiger partial charge < -0.3 is 14.8 Å². The van der Waals surface area contributed by atoms with Crippen LogP contribution in [0.1, 0.15) is 16.1 Å². The lowest BCUT2D eigenvalue weighted by Gasteiger charge is -2.14. The molecule has 0 spiro atoms. The summed E-state index contributed by atoms with van der Waals surface area (Å²) in [5, 5.41) is 6.27. The SMILES string of the molecule is CNCc1cc(OC)c(OC)cc1Cc1nccs1. The van der Waals surface area contributed by atoms with Crippen molar-refractivity contribution in [2.45, 2.75) is 13.0 Å². The Hall–Kier alpha value is -1.59. The van der Waals surface area contributed by atoms with Crippen molar-refractivity contribution in [2.75, 3.05) is 21.3 Å². The van der Waals surface area contributed by atoms with Crippen LogP contribution in [0.5, 0.6) is 11.5 Å². The summed E-state index contributed by atoms with van der Waals surface area (Å²) < 4.78 is 10.7. The molecule has 5 heteroatoms. The maximum absolute atomic E-state index is 5.37. The zero-order chi connectivity index (χ0) is 13.7. The van der Waals surface area contributed by atoms with Crippen LogP contribution in [0.15, 0.2) is 23.7 Å². The molecule has 0 saturated heterocycles. The smallest absolute Gasteiger partial charge is 0.161 e. The number of benzene rings is 1. The summed E-state index contributed by atoms with van der Waals surface area (Å²) in [5.41, 5.74) is 2.41. The third kappa shape index (κ3) is 3.24. The van der Waals surface area contributed by atoms with Crippen molar-refractivity contribution in [1.82, 2.24) is 10.3 Å². The molecule has 0 radical (unpaired) electrons. The summed E-state index contributed by atoms with van der Waals surface area (Å²) >= 11 is 1.66. The fourth-order valence-electron chi connectivity index (χ4n) is 1.99. The first-order valence-corrected chi connectivity index (χ1v) is 6.93. The highest BCUT2D eigenvalue weighted by atomic mass is 32.1. The predicted octanol–water partition coefficient (Wildman–Crippen LogP) is 2.47. The minimum atomic E-state index is 0.758. The highest BCUT2D eigenvalue weighted by Crippen LogP contribution is 2.31. The second kappa shape index (κ2) is 6.54. The monoisotopic (exact) mass is 278 g/mol. The van der Waals surface area contributed by atoms with E-state index >= 15 is 0 Å². The van der Waals surface area contributed by atoms with Gasteiger partial charge in [-0.25, -0.2) is 4.98 Å². The molecule has 0 aliphatic rings. The summed E-state index contributed by atoms with van der Waals surface area (Å²) in [6.07, 6.45) is 2.65. The Morgan fingerprint density at radius 1 is 1.16 bits per heavy atom. The number of ether oxygens (including phenoxy) is 2. The van der Waals surface area contributed by atoms with E-state index in [1.54, 1.807) is 25.6 Å². The standard InChI is InChI=1S/C14H18N2O2S/c1-15-9-11-7-13(18-3)12(17-2)6-10(11)8-14-16-4-5-19-14/h4-7,15H,8-9H2,1-3H3. The van der Waals surface area contributed by atoms with Gasteiger partial charge in [0.15, 0.2) is 11.5 Å². The molecule has 0 fully saturated rings. The van der Waals surface area contributed by atoms with Gasteiger partial charge in [-0.3, -0.25) is 0 Å². The molecule has 0 unspecified atom stereocenters. The summed E-state index contributed by atoms with van der Waals surface area (Å²) in [7, 11) is 5.24. The number of hydrogen-bond acceptors (Lipinski definition) is 5. The number of rotatable bonds is 6. The molecule has 0 bridgehead atoms. The normalized spacial score (nSPS) is 10.5. The third-order valence-electron chi connectivity index (χ3n) is 2.90. The highest BCUT2D eigenvalue weighted by molar-refractivity contribution is 7.09. The second-order valence-electron chi connectivity index (χ2n) is 4.11. The first kappa shape index (κ1) is 13.8. The number of nitrogens with one attached hydrogen (secondary N) is 1. The molecule has 0 atom stereocenters. The van der Waals surface area contributed by atoms with Gasteiger partial charge in [0.25, 0.3) is 0 Å². The van der Waals surface area contributed by atoms with Crippen LogP contribution in [0, 0.1) is 0 Å². The number of nitrogens with zero attached hydrogens (tertiary/aromatic N) is 1. The van der Waals surface area contributed by atoms with Crippen LogP contribution in [0.3, 0.4) is 0 Å². The van der Waals surface area contributed by atoms with Crippen molar-refractivity contribution in [3.8, 4) is 11.5 Å². The van der Waals surface area contributed by atoms with Gasteiger partial charge in [-0.05, 0) is 30.3 Å². The lowest BCUT2D eigenvalue weighted by atomic mass is 10.0. The minimum absolute atomic E-state index is 0.758. The first-order valence-electron chi connectivity index (χ1n) is 6.05. The van der Waals surface area contributed by atoms with Crippen molar-refractivity contribution in [3.05, 3.63) is 39.8 Å². The molecular formula is C14H18N2O2S. The molecule has 2 rings (SSSR count). The van der Waals surface area contributed by atoms with E-state index in [1.807, 2.05) is 30.8 Å². The van der Waals surface area contributed by atoms with Crippen LogP contribution >= 0.6 is 11.3 Å².